The van der Waals surface area contributed by atoms with E-state index in [0.29, 0.717) is 35.6 Å². The molecule has 106 valence electrons. The number of carbonyl (C=O) groups excluding carboxylic acids is 2. The molecule has 0 saturated carbocycles. The number of fused-ring (bicyclic) bond motifs is 1. The lowest BCUT2D eigenvalue weighted by Crippen LogP contribution is -2.55. The van der Waals surface area contributed by atoms with Crippen LogP contribution in [0.25, 0.3) is 0 Å². The molecule has 0 radical (unpaired) electrons. The first-order valence-electron chi connectivity index (χ1n) is 6.84. The van der Waals surface area contributed by atoms with Crippen molar-refractivity contribution in [2.75, 3.05) is 13.1 Å². The number of carbonyl (C=O) groups is 2. The molecule has 2 saturated heterocycles. The first kappa shape index (κ1) is 13.5. The number of hydrogen-bond acceptors (Lipinski definition) is 3. The molecule has 6 heteroatoms. The minimum atomic E-state index is 0.0142. The predicted octanol–water partition coefficient (Wildman–Crippen LogP) is 1.58. The van der Waals surface area contributed by atoms with Gasteiger partial charge in [0.2, 0.25) is 5.91 Å². The minimum absolute atomic E-state index is 0.0142. The first-order chi connectivity index (χ1) is 9.65. The predicted molar refractivity (Wildman–Crippen MR) is 77.1 cm³/mol. The van der Waals surface area contributed by atoms with Gasteiger partial charge in [0.25, 0.3) is 5.91 Å². The summed E-state index contributed by atoms with van der Waals surface area (Å²) in [5.41, 5.74) is 0.603. The van der Waals surface area contributed by atoms with Gasteiger partial charge in [-0.1, -0.05) is 0 Å². The van der Waals surface area contributed by atoms with Crippen molar-refractivity contribution in [2.45, 2.75) is 25.3 Å². The molecule has 3 heterocycles. The fourth-order valence-electron chi connectivity index (χ4n) is 3.01. The lowest BCUT2D eigenvalue weighted by molar-refractivity contribution is -0.125. The molecule has 3 rings (SSSR count). The van der Waals surface area contributed by atoms with Crippen LogP contribution in [-0.4, -0.2) is 40.8 Å². The lowest BCUT2D eigenvalue weighted by atomic mass is 9.85. The quantitative estimate of drug-likeness (QED) is 0.791. The van der Waals surface area contributed by atoms with Gasteiger partial charge < -0.3 is 10.2 Å². The van der Waals surface area contributed by atoms with Gasteiger partial charge in [-0.3, -0.25) is 9.59 Å². The van der Waals surface area contributed by atoms with Gasteiger partial charge in [0.1, 0.15) is 4.60 Å². The minimum Gasteiger partial charge on any atom is -0.353 e. The maximum absolute atomic E-state index is 12.5. The number of likely N-dealkylation sites (tertiary alicyclic amines) is 1. The summed E-state index contributed by atoms with van der Waals surface area (Å²) in [7, 11) is 0. The molecule has 0 bridgehead atoms. The molecule has 2 amide bonds. The monoisotopic (exact) mass is 337 g/mol. The van der Waals surface area contributed by atoms with Crippen molar-refractivity contribution in [2.24, 2.45) is 5.92 Å². The SMILES string of the molecule is O=C1CCC2CN(C(=O)c3cccnc3Br)CCC2N1. The molecular formula is C14H16BrN3O2. The summed E-state index contributed by atoms with van der Waals surface area (Å²) in [5, 5.41) is 3.03. The van der Waals surface area contributed by atoms with Crippen LogP contribution in [0.3, 0.4) is 0 Å². The van der Waals surface area contributed by atoms with Gasteiger partial charge >= 0.3 is 0 Å². The number of amides is 2. The lowest BCUT2D eigenvalue weighted by Gasteiger charge is -2.41. The molecular weight excluding hydrogens is 322 g/mol. The van der Waals surface area contributed by atoms with E-state index in [1.165, 1.54) is 0 Å². The van der Waals surface area contributed by atoms with E-state index < -0.39 is 0 Å². The third-order valence-corrected chi connectivity index (χ3v) is 4.73. The van der Waals surface area contributed by atoms with E-state index >= 15 is 0 Å². The summed E-state index contributed by atoms with van der Waals surface area (Å²) in [5.74, 6) is 0.530. The molecule has 2 aliphatic heterocycles. The number of nitrogens with one attached hydrogen (secondary N) is 1. The number of hydrogen-bond donors (Lipinski definition) is 1. The Bertz CT molecular complexity index is 549. The van der Waals surface area contributed by atoms with Crippen LogP contribution in [0.4, 0.5) is 0 Å². The van der Waals surface area contributed by atoms with Gasteiger partial charge in [-0.25, -0.2) is 4.98 Å². The third-order valence-electron chi connectivity index (χ3n) is 4.10. The van der Waals surface area contributed by atoms with Crippen LogP contribution in [0.2, 0.25) is 0 Å². The maximum Gasteiger partial charge on any atom is 0.256 e. The highest BCUT2D eigenvalue weighted by Gasteiger charge is 2.35. The normalized spacial score (nSPS) is 25.9. The van der Waals surface area contributed by atoms with Crippen molar-refractivity contribution in [3.05, 3.63) is 28.5 Å². The van der Waals surface area contributed by atoms with Crippen LogP contribution in [0, 0.1) is 5.92 Å². The Balaban J connectivity index is 1.72. The van der Waals surface area contributed by atoms with Crippen LogP contribution in [0.5, 0.6) is 0 Å². The maximum atomic E-state index is 12.5. The Kier molecular flexibility index (Phi) is 3.74. The van der Waals surface area contributed by atoms with Crippen molar-refractivity contribution < 1.29 is 9.59 Å². The molecule has 20 heavy (non-hydrogen) atoms. The van der Waals surface area contributed by atoms with Crippen LogP contribution in [0.1, 0.15) is 29.6 Å². The third kappa shape index (κ3) is 2.57. The molecule has 1 N–H and O–H groups in total. The Morgan fingerprint density at radius 1 is 1.45 bits per heavy atom. The van der Waals surface area contributed by atoms with E-state index in [0.717, 1.165) is 12.8 Å². The van der Waals surface area contributed by atoms with Crippen molar-refractivity contribution in [3.8, 4) is 0 Å². The van der Waals surface area contributed by atoms with Crippen molar-refractivity contribution in [3.63, 3.8) is 0 Å². The summed E-state index contributed by atoms with van der Waals surface area (Å²) in [4.78, 5) is 29.9. The summed E-state index contributed by atoms with van der Waals surface area (Å²) in [6.45, 7) is 1.40. The second kappa shape index (κ2) is 5.52. The van der Waals surface area contributed by atoms with E-state index in [1.807, 2.05) is 4.90 Å². The van der Waals surface area contributed by atoms with E-state index in [1.54, 1.807) is 18.3 Å². The average molecular weight is 338 g/mol. The summed E-state index contributed by atoms with van der Waals surface area (Å²) in [6, 6.07) is 3.79. The Labute approximate surface area is 125 Å². The molecule has 5 nitrogen and oxygen atoms in total. The zero-order valence-electron chi connectivity index (χ0n) is 11.0. The number of nitrogens with zero attached hydrogens (tertiary/aromatic N) is 2. The second-order valence-electron chi connectivity index (χ2n) is 5.35. The van der Waals surface area contributed by atoms with Gasteiger partial charge in [0.15, 0.2) is 0 Å². The zero-order valence-corrected chi connectivity index (χ0v) is 12.6. The van der Waals surface area contributed by atoms with E-state index in [9.17, 15) is 9.59 Å². The Hall–Kier alpha value is -1.43. The Morgan fingerprint density at radius 2 is 2.30 bits per heavy atom. The van der Waals surface area contributed by atoms with Crippen molar-refractivity contribution in [1.82, 2.24) is 15.2 Å². The average Bonchev–Trinajstić information content (AvgIpc) is 2.46. The first-order valence-corrected chi connectivity index (χ1v) is 7.63. The molecule has 2 fully saturated rings. The van der Waals surface area contributed by atoms with E-state index in [-0.39, 0.29) is 17.9 Å². The van der Waals surface area contributed by atoms with Gasteiger partial charge in [-0.2, -0.15) is 0 Å². The molecule has 0 aliphatic carbocycles. The second-order valence-corrected chi connectivity index (χ2v) is 6.11. The molecule has 1 aromatic rings. The Morgan fingerprint density at radius 3 is 3.10 bits per heavy atom. The van der Waals surface area contributed by atoms with Gasteiger partial charge in [-0.05, 0) is 46.8 Å². The molecule has 2 aliphatic rings. The van der Waals surface area contributed by atoms with E-state index in [2.05, 4.69) is 26.2 Å². The number of halogens is 1. The van der Waals surface area contributed by atoms with Crippen LogP contribution < -0.4 is 5.32 Å². The number of piperidine rings is 2. The smallest absolute Gasteiger partial charge is 0.256 e. The topological polar surface area (TPSA) is 62.3 Å². The number of rotatable bonds is 1. The van der Waals surface area contributed by atoms with E-state index in [4.69, 9.17) is 0 Å². The molecule has 0 aromatic carbocycles. The molecule has 2 atom stereocenters. The van der Waals surface area contributed by atoms with Crippen molar-refractivity contribution >= 4 is 27.7 Å². The number of pyridine rings is 1. The highest BCUT2D eigenvalue weighted by atomic mass is 79.9. The van der Waals surface area contributed by atoms with Crippen LogP contribution >= 0.6 is 15.9 Å². The van der Waals surface area contributed by atoms with Crippen molar-refractivity contribution in [1.29, 1.82) is 0 Å². The van der Waals surface area contributed by atoms with Gasteiger partial charge in [0.05, 0.1) is 5.56 Å². The standard InChI is InChI=1S/C14H16BrN3O2/c15-13-10(2-1-6-16-13)14(20)18-7-5-11-9(8-18)3-4-12(19)17-11/h1-2,6,9,11H,3-5,7-8H2,(H,17,19). The van der Waals surface area contributed by atoms with Crippen LogP contribution in [0.15, 0.2) is 22.9 Å². The summed E-state index contributed by atoms with van der Waals surface area (Å²) in [6.07, 6.45) is 3.93. The fraction of sp³-hybridized carbons (Fsp3) is 0.500. The zero-order chi connectivity index (χ0) is 14.1. The molecule has 2 unspecified atom stereocenters. The fourth-order valence-corrected chi connectivity index (χ4v) is 3.43. The highest BCUT2D eigenvalue weighted by Crippen LogP contribution is 2.27. The largest absolute Gasteiger partial charge is 0.353 e. The number of aromatic nitrogens is 1. The van der Waals surface area contributed by atoms with Gasteiger partial charge in [0, 0.05) is 31.7 Å². The van der Waals surface area contributed by atoms with Gasteiger partial charge in [-0.15, -0.1) is 0 Å². The summed E-state index contributed by atoms with van der Waals surface area (Å²) >= 11 is 3.32. The molecule has 0 spiro atoms. The van der Waals surface area contributed by atoms with Crippen LogP contribution in [-0.2, 0) is 4.79 Å². The summed E-state index contributed by atoms with van der Waals surface area (Å²) < 4.78 is 0.587. The molecule has 1 aromatic heterocycles. The highest BCUT2D eigenvalue weighted by molar-refractivity contribution is 9.10.